The first kappa shape index (κ1) is 89.9. The van der Waals surface area contributed by atoms with Gasteiger partial charge in [0, 0.05) is 78.2 Å². The van der Waals surface area contributed by atoms with Crippen molar-refractivity contribution in [1.82, 2.24) is 0 Å². The SMILES string of the molecule is Brc1cc2c(cc1I)Cc1cc(I)c(Br)cc1-2.Brc1ccc2c(c1)-c1cc(Br)ccc1C2.CC(C)CCC1(CCC(C)C)c2cc(I)c(Br)cc2-c2cc(Br)c(I)cc21.CC(C)CCI.Nc1cc2c(cc1Br)-c1cc(Br)c(N)cc1C2.Nc1ccc2c(c1)Cc1cc(N)ccc1-2.[B]=NS.[K+].[OH-]. The molecule has 0 bridgehead atoms. The molecule has 0 atom stereocenters. The van der Waals surface area contributed by atoms with Crippen LogP contribution in [-0.2, 0) is 31.1 Å². The number of halogens is 13. The average molecular weight is 2480 g/mol. The zero-order valence-electron chi connectivity index (χ0n) is 57.3. The molecule has 9 N–H and O–H groups in total. The number of hydrogen-bond acceptors (Lipinski definition) is 7. The summed E-state index contributed by atoms with van der Waals surface area (Å²) in [6, 6.07) is 52.1. The summed E-state index contributed by atoms with van der Waals surface area (Å²) in [6.45, 7) is 13.9. The number of nitrogens with zero attached hydrogens (tertiary/aromatic N) is 1. The number of thiol groups is 1. The molecule has 0 aromatic heterocycles. The topological polar surface area (TPSA) is 146 Å². The fraction of sp³-hybridized carbons (Fsp3) is 0.250. The fourth-order valence-corrected chi connectivity index (χ4v) is 19.3. The van der Waals surface area contributed by atoms with E-state index in [0.29, 0.717) is 0 Å². The quantitative estimate of drug-likeness (QED) is 0.0338. The molecule has 527 valence electrons. The van der Waals surface area contributed by atoms with Gasteiger partial charge >= 0.3 is 76.1 Å². The Morgan fingerprint density at radius 3 is 0.990 bits per heavy atom. The van der Waals surface area contributed by atoms with Crippen molar-refractivity contribution >= 4 is 284 Å². The van der Waals surface area contributed by atoms with Gasteiger partial charge in [0.1, 0.15) is 0 Å². The molecule has 0 fully saturated rings. The van der Waals surface area contributed by atoms with Gasteiger partial charge in [0.15, 0.2) is 0 Å². The molecule has 0 aliphatic heterocycles. The summed E-state index contributed by atoms with van der Waals surface area (Å²) < 4.78 is 18.1. The molecule has 0 amide bonds. The van der Waals surface area contributed by atoms with E-state index in [4.69, 9.17) is 22.9 Å². The van der Waals surface area contributed by atoms with E-state index in [1.165, 1.54) is 169 Å². The average Bonchev–Trinajstić information content (AvgIpc) is 1.56. The van der Waals surface area contributed by atoms with Gasteiger partial charge in [-0.15, -0.1) is 0 Å². The summed E-state index contributed by atoms with van der Waals surface area (Å²) in [6.07, 6.45) is 10.3. The fourth-order valence-electron chi connectivity index (χ4n) is 13.2. The second-order valence-corrected chi connectivity index (χ2v) is 39.5. The molecule has 0 spiro atoms. The number of nitrogens with two attached hydrogens (primary N) is 4. The largest absolute Gasteiger partial charge is 1.00 e. The van der Waals surface area contributed by atoms with Crippen LogP contribution in [0.25, 0.3) is 55.6 Å². The van der Waals surface area contributed by atoms with Crippen molar-refractivity contribution < 1.29 is 56.9 Å². The summed E-state index contributed by atoms with van der Waals surface area (Å²) in [7, 11) is 4.34. The third-order valence-corrected chi connectivity index (χ3v) is 30.4. The van der Waals surface area contributed by atoms with Crippen LogP contribution in [0.3, 0.4) is 0 Å². The van der Waals surface area contributed by atoms with E-state index in [1.807, 2.05) is 36.4 Å². The minimum absolute atomic E-state index is 0. The molecular formula is C80H75BBr8I5KN5OS. The van der Waals surface area contributed by atoms with E-state index in [2.05, 4.69) is 416 Å². The Balaban J connectivity index is 0.000000175. The van der Waals surface area contributed by atoms with Crippen LogP contribution in [0.1, 0.15) is 129 Å². The Kier molecular flexibility index (Phi) is 36.1. The van der Waals surface area contributed by atoms with Gasteiger partial charge in [-0.3, -0.25) is 0 Å². The number of fused-ring (bicyclic) bond motifs is 15. The normalized spacial score (nSPS) is 12.4. The number of nitrogen functional groups attached to an aromatic ring is 4. The first-order chi connectivity index (χ1) is 47.4. The maximum absolute atomic E-state index is 5.91. The van der Waals surface area contributed by atoms with Gasteiger partial charge in [-0.1, -0.05) is 120 Å². The van der Waals surface area contributed by atoms with Crippen LogP contribution in [0.4, 0.5) is 22.7 Å². The molecule has 10 aromatic rings. The molecule has 102 heavy (non-hydrogen) atoms. The van der Waals surface area contributed by atoms with E-state index in [-0.39, 0.29) is 62.3 Å². The zero-order chi connectivity index (χ0) is 72.8. The smallest absolute Gasteiger partial charge is 0.870 e. The van der Waals surface area contributed by atoms with E-state index in [1.54, 1.807) is 11.1 Å². The van der Waals surface area contributed by atoms with Crippen molar-refractivity contribution in [1.29, 1.82) is 0 Å². The van der Waals surface area contributed by atoms with Crippen LogP contribution in [0.2, 0.25) is 0 Å². The van der Waals surface area contributed by atoms with E-state index in [0.717, 1.165) is 84.1 Å². The monoisotopic (exact) mass is 2470 g/mol. The van der Waals surface area contributed by atoms with Gasteiger partial charge in [0.05, 0.1) is 0 Å². The van der Waals surface area contributed by atoms with Gasteiger partial charge in [0.25, 0.3) is 0 Å². The third kappa shape index (κ3) is 22.3. The first-order valence-corrected chi connectivity index (χ1v) is 45.1. The molecule has 1 radical (unpaired) electrons. The summed E-state index contributed by atoms with van der Waals surface area (Å²) >= 11 is 44.1. The van der Waals surface area contributed by atoms with Crippen LogP contribution >= 0.6 is 253 Å². The van der Waals surface area contributed by atoms with Crippen LogP contribution in [0.15, 0.2) is 186 Å². The second-order valence-electron chi connectivity index (χ2n) is 26.6. The number of hydrogen-bond donors (Lipinski definition) is 5. The molecule has 5 aliphatic carbocycles. The number of alkyl halides is 1. The van der Waals surface area contributed by atoms with Crippen molar-refractivity contribution in [2.45, 2.75) is 105 Å². The van der Waals surface area contributed by atoms with Gasteiger partial charge in [-0.05, 0) is 499 Å². The van der Waals surface area contributed by atoms with Crippen LogP contribution < -0.4 is 74.3 Å². The Hall–Kier alpha value is 0.701. The number of anilines is 4. The Morgan fingerprint density at radius 1 is 0.382 bits per heavy atom. The van der Waals surface area contributed by atoms with Crippen LogP contribution in [-0.4, -0.2) is 17.5 Å². The molecule has 0 saturated carbocycles. The van der Waals surface area contributed by atoms with Gasteiger partial charge in [-0.2, -0.15) is 0 Å². The summed E-state index contributed by atoms with van der Waals surface area (Å²) in [5, 5.41) is 0. The van der Waals surface area contributed by atoms with Crippen LogP contribution in [0, 0.1) is 32.0 Å². The summed E-state index contributed by atoms with van der Waals surface area (Å²) in [4.78, 5) is 0. The Labute approximate surface area is 788 Å². The summed E-state index contributed by atoms with van der Waals surface area (Å²) in [5.74, 6) is 2.33. The molecule has 22 heteroatoms. The molecule has 0 saturated heterocycles. The molecule has 15 rings (SSSR count). The number of rotatable bonds is 8. The van der Waals surface area contributed by atoms with Crippen molar-refractivity contribution in [2.24, 2.45) is 22.1 Å². The molecule has 10 aromatic carbocycles. The second kappa shape index (κ2) is 40.9. The standard InChI is InChI=1S/C23H26Br2I2.C13H6Br2I2.C13H10Br2N2.C13H8Br2.C13H12N2.C5H11I.BHNS.K.H2O/c1-13(2)5-7-23(8-6-14(3)4)17-11-21(26)19(24)9-15(17)16-10-20(25)22(27)12-18(16)23;2*14-10-4-8-6(2-12(10)16)1-7-3-13(17)11(15)5-9(7)8;14-10-3-1-8-5-9-2-4-11(15)7-13(9)12(8)6-10;14-10-1-3-12-8(6-10)5-9-7-11(15)2-4-13(9)12;1-5(2)3-4-6;1-2-3;;/h9-14H,5-8H2,1-4H3;2-5H,1H2;2-5H,1,16-17H2;1-4,6-7H,5H2;1-4,6-7H,5,14-15H2;5H,3-4H2,1-2H3;3H;;1H2/q;;;;;;;+1;/p-1. The minimum atomic E-state index is 0. The van der Waals surface area contributed by atoms with E-state index in [9.17, 15) is 0 Å². The molecule has 5 aliphatic rings. The maximum Gasteiger partial charge on any atom is 1.00 e. The van der Waals surface area contributed by atoms with Gasteiger partial charge in [0.2, 0.25) is 0 Å². The maximum atomic E-state index is 5.91. The van der Waals surface area contributed by atoms with Crippen molar-refractivity contribution in [3.8, 4) is 55.6 Å². The first-order valence-electron chi connectivity index (χ1n) is 32.5. The van der Waals surface area contributed by atoms with E-state index >= 15 is 0 Å². The zero-order valence-corrected chi connectivity index (χ0v) is 84.8. The minimum Gasteiger partial charge on any atom is -0.870 e. The molecular weight excluding hydrogens is 2400 g/mol. The Bertz CT molecular complexity index is 4350. The van der Waals surface area contributed by atoms with Crippen molar-refractivity contribution in [2.75, 3.05) is 27.4 Å². The van der Waals surface area contributed by atoms with E-state index < -0.39 is 0 Å². The summed E-state index contributed by atoms with van der Waals surface area (Å²) in [5.41, 5.74) is 54.0. The predicted molar refractivity (Wildman–Crippen MR) is 507 cm³/mol. The molecule has 6 nitrogen and oxygen atoms in total. The molecule has 0 heterocycles. The van der Waals surface area contributed by atoms with Crippen molar-refractivity contribution in [3.63, 3.8) is 0 Å². The number of benzene rings is 10. The van der Waals surface area contributed by atoms with Gasteiger partial charge < -0.3 is 28.4 Å². The van der Waals surface area contributed by atoms with Crippen molar-refractivity contribution in [3.05, 3.63) is 251 Å². The predicted octanol–water partition coefficient (Wildman–Crippen LogP) is 26.2. The molecule has 0 unspecified atom stereocenters. The Morgan fingerprint density at radius 2 is 0.667 bits per heavy atom. The van der Waals surface area contributed by atoms with Crippen LogP contribution in [0.5, 0.6) is 0 Å². The third-order valence-electron chi connectivity index (χ3n) is 18.2. The van der Waals surface area contributed by atoms with Gasteiger partial charge in [-0.25, -0.2) is 0 Å².